The number of benzene rings is 1. The summed E-state index contributed by atoms with van der Waals surface area (Å²) in [6, 6.07) is 6.37. The number of carbonyl (C=O) groups is 3. The predicted octanol–water partition coefficient (Wildman–Crippen LogP) is 1.98. The van der Waals surface area contributed by atoms with Gasteiger partial charge in [0.2, 0.25) is 0 Å². The zero-order valence-corrected chi connectivity index (χ0v) is 15.8. The van der Waals surface area contributed by atoms with Gasteiger partial charge in [0.1, 0.15) is 12.3 Å². The van der Waals surface area contributed by atoms with Crippen LogP contribution in [0.1, 0.15) is 10.4 Å². The normalized spacial score (nSPS) is 13.2. The maximum Gasteiger partial charge on any atom is 0.355 e. The van der Waals surface area contributed by atoms with E-state index in [0.29, 0.717) is 17.9 Å². The Kier molecular flexibility index (Phi) is 7.53. The van der Waals surface area contributed by atoms with Crippen molar-refractivity contribution in [3.63, 3.8) is 0 Å². The van der Waals surface area contributed by atoms with Gasteiger partial charge < -0.3 is 23.8 Å². The molecular formula is C20H21NO7. The zero-order chi connectivity index (χ0) is 20.5. The molecule has 1 aliphatic rings. The molecule has 8 heteroatoms. The fourth-order valence-electron chi connectivity index (χ4n) is 2.42. The second-order valence-electron chi connectivity index (χ2n) is 5.49. The third-order valence-corrected chi connectivity index (χ3v) is 3.79. The lowest BCUT2D eigenvalue weighted by molar-refractivity contribution is -0.139. The Labute approximate surface area is 162 Å². The van der Waals surface area contributed by atoms with E-state index in [-0.39, 0.29) is 17.9 Å². The topological polar surface area (TPSA) is 91.4 Å². The number of rotatable bonds is 7. The Bertz CT molecular complexity index is 821. The molecule has 148 valence electrons. The number of methoxy groups -OCH3 is 3. The lowest BCUT2D eigenvalue weighted by Gasteiger charge is -2.23. The molecule has 0 atom stereocenters. The Morgan fingerprint density at radius 3 is 2.14 bits per heavy atom. The molecule has 1 aliphatic heterocycles. The lowest BCUT2D eigenvalue weighted by Crippen LogP contribution is -2.27. The smallest absolute Gasteiger partial charge is 0.355 e. The van der Waals surface area contributed by atoms with Crippen molar-refractivity contribution < 1.29 is 33.3 Å². The molecule has 0 saturated heterocycles. The monoisotopic (exact) mass is 387 g/mol. The number of allylic oxidation sites excluding steroid dienone is 2. The summed E-state index contributed by atoms with van der Waals surface area (Å²) in [5, 5.41) is 0. The van der Waals surface area contributed by atoms with E-state index in [9.17, 15) is 14.4 Å². The summed E-state index contributed by atoms with van der Waals surface area (Å²) in [7, 11) is 3.96. The number of hydrogen-bond donors (Lipinski definition) is 0. The quantitative estimate of drug-likeness (QED) is 0.398. The second-order valence-corrected chi connectivity index (χ2v) is 5.49. The van der Waals surface area contributed by atoms with Crippen LogP contribution in [0.3, 0.4) is 0 Å². The number of carbonyl (C=O) groups excluding carboxylic acids is 3. The SMILES string of the molecule is COCCOC(=O)c1ccc(N2C=CC=CC(C(=O)OC)=C2C(=O)OC)cc1. The first-order valence-corrected chi connectivity index (χ1v) is 8.34. The van der Waals surface area contributed by atoms with E-state index < -0.39 is 17.9 Å². The first-order valence-electron chi connectivity index (χ1n) is 8.34. The first-order chi connectivity index (χ1) is 13.5. The molecule has 0 unspecified atom stereocenters. The second kappa shape index (κ2) is 10.1. The lowest BCUT2D eigenvalue weighted by atomic mass is 10.1. The van der Waals surface area contributed by atoms with Gasteiger partial charge in [0.25, 0.3) is 0 Å². The predicted molar refractivity (Wildman–Crippen MR) is 100 cm³/mol. The van der Waals surface area contributed by atoms with Gasteiger partial charge in [0.15, 0.2) is 0 Å². The van der Waals surface area contributed by atoms with Crippen molar-refractivity contribution in [3.05, 3.63) is 65.5 Å². The van der Waals surface area contributed by atoms with Crippen LogP contribution in [-0.4, -0.2) is 52.5 Å². The van der Waals surface area contributed by atoms with Gasteiger partial charge in [-0.3, -0.25) is 0 Å². The van der Waals surface area contributed by atoms with Crippen LogP contribution >= 0.6 is 0 Å². The van der Waals surface area contributed by atoms with Crippen molar-refractivity contribution in [2.45, 2.75) is 0 Å². The Morgan fingerprint density at radius 1 is 0.857 bits per heavy atom. The van der Waals surface area contributed by atoms with Gasteiger partial charge in [0.05, 0.1) is 32.0 Å². The minimum absolute atomic E-state index is 0.00484. The summed E-state index contributed by atoms with van der Waals surface area (Å²) in [5.41, 5.74) is 0.918. The number of ether oxygens (including phenoxy) is 4. The van der Waals surface area contributed by atoms with Crippen LogP contribution in [0.5, 0.6) is 0 Å². The molecule has 0 saturated carbocycles. The molecule has 2 rings (SSSR count). The third-order valence-electron chi connectivity index (χ3n) is 3.79. The van der Waals surface area contributed by atoms with E-state index in [4.69, 9.17) is 18.9 Å². The van der Waals surface area contributed by atoms with E-state index in [2.05, 4.69) is 0 Å². The third kappa shape index (κ3) is 4.86. The van der Waals surface area contributed by atoms with Gasteiger partial charge in [-0.2, -0.15) is 0 Å². The van der Waals surface area contributed by atoms with Gasteiger partial charge >= 0.3 is 17.9 Å². The van der Waals surface area contributed by atoms with E-state index >= 15 is 0 Å². The molecule has 0 N–H and O–H groups in total. The van der Waals surface area contributed by atoms with Crippen molar-refractivity contribution in [1.29, 1.82) is 0 Å². The molecule has 0 spiro atoms. The maximum atomic E-state index is 12.4. The molecule has 8 nitrogen and oxygen atoms in total. The fourth-order valence-corrected chi connectivity index (χ4v) is 2.42. The van der Waals surface area contributed by atoms with Crippen LogP contribution in [0, 0.1) is 0 Å². The molecule has 0 aromatic heterocycles. The molecular weight excluding hydrogens is 366 g/mol. The van der Waals surface area contributed by atoms with Crippen LogP contribution in [0.2, 0.25) is 0 Å². The summed E-state index contributed by atoms with van der Waals surface area (Å²) in [5.74, 6) is -1.88. The summed E-state index contributed by atoms with van der Waals surface area (Å²) >= 11 is 0. The van der Waals surface area contributed by atoms with Crippen molar-refractivity contribution in [3.8, 4) is 0 Å². The highest BCUT2D eigenvalue weighted by atomic mass is 16.6. The summed E-state index contributed by atoms with van der Waals surface area (Å²) < 4.78 is 19.5. The Balaban J connectivity index is 2.37. The summed E-state index contributed by atoms with van der Waals surface area (Å²) in [6.45, 7) is 0.453. The highest BCUT2D eigenvalue weighted by molar-refractivity contribution is 6.05. The van der Waals surface area contributed by atoms with E-state index in [1.165, 1.54) is 32.3 Å². The number of esters is 3. The highest BCUT2D eigenvalue weighted by Gasteiger charge is 2.27. The van der Waals surface area contributed by atoms with E-state index in [1.54, 1.807) is 42.6 Å². The van der Waals surface area contributed by atoms with Crippen molar-refractivity contribution in [2.75, 3.05) is 39.4 Å². The van der Waals surface area contributed by atoms with Gasteiger partial charge in [-0.1, -0.05) is 6.08 Å². The average Bonchev–Trinajstić information content (AvgIpc) is 2.95. The fraction of sp³-hybridized carbons (Fsp3) is 0.250. The summed E-state index contributed by atoms with van der Waals surface area (Å²) in [6.07, 6.45) is 6.34. The number of hydrogen-bond acceptors (Lipinski definition) is 8. The van der Waals surface area contributed by atoms with E-state index in [1.807, 2.05) is 0 Å². The van der Waals surface area contributed by atoms with Crippen LogP contribution in [-0.2, 0) is 28.5 Å². The molecule has 0 amide bonds. The average molecular weight is 387 g/mol. The first kappa shape index (κ1) is 20.9. The van der Waals surface area contributed by atoms with Gasteiger partial charge in [-0.25, -0.2) is 14.4 Å². The molecule has 1 aromatic carbocycles. The van der Waals surface area contributed by atoms with Crippen LogP contribution in [0.15, 0.2) is 60.0 Å². The molecule has 28 heavy (non-hydrogen) atoms. The maximum absolute atomic E-state index is 12.4. The molecule has 0 fully saturated rings. The zero-order valence-electron chi connectivity index (χ0n) is 15.8. The van der Waals surface area contributed by atoms with Crippen molar-refractivity contribution in [2.24, 2.45) is 0 Å². The molecule has 1 heterocycles. The summed E-state index contributed by atoms with van der Waals surface area (Å²) in [4.78, 5) is 38.0. The standard InChI is InChI=1S/C20H21NO7/c1-25-12-13-28-18(22)14-7-9-15(10-8-14)21-11-5-4-6-16(19(23)26-2)17(21)20(24)27-3/h4-11H,12-13H2,1-3H3. The number of nitrogens with zero attached hydrogens (tertiary/aromatic N) is 1. The molecule has 0 radical (unpaired) electrons. The van der Waals surface area contributed by atoms with Crippen LogP contribution in [0.4, 0.5) is 5.69 Å². The Hall–Kier alpha value is -3.39. The minimum Gasteiger partial charge on any atom is -0.465 e. The van der Waals surface area contributed by atoms with Gasteiger partial charge in [-0.05, 0) is 36.4 Å². The van der Waals surface area contributed by atoms with Gasteiger partial charge in [0, 0.05) is 19.0 Å². The van der Waals surface area contributed by atoms with Gasteiger partial charge in [-0.15, -0.1) is 0 Å². The van der Waals surface area contributed by atoms with Crippen LogP contribution < -0.4 is 4.90 Å². The van der Waals surface area contributed by atoms with E-state index in [0.717, 1.165) is 0 Å². The van der Waals surface area contributed by atoms with Crippen molar-refractivity contribution >= 4 is 23.6 Å². The highest BCUT2D eigenvalue weighted by Crippen LogP contribution is 2.26. The largest absolute Gasteiger partial charge is 0.465 e. The molecule has 0 bridgehead atoms. The van der Waals surface area contributed by atoms with Crippen LogP contribution in [0.25, 0.3) is 0 Å². The number of anilines is 1. The Morgan fingerprint density at radius 2 is 1.54 bits per heavy atom. The minimum atomic E-state index is -0.709. The van der Waals surface area contributed by atoms with Crippen molar-refractivity contribution in [1.82, 2.24) is 0 Å². The molecule has 0 aliphatic carbocycles. The molecule has 1 aromatic rings.